The van der Waals surface area contributed by atoms with Crippen molar-refractivity contribution in [2.45, 2.75) is 143 Å². The van der Waals surface area contributed by atoms with Crippen LogP contribution in [0.3, 0.4) is 0 Å². The van der Waals surface area contributed by atoms with Crippen molar-refractivity contribution >= 4 is 17.9 Å². The zero-order valence-corrected chi connectivity index (χ0v) is 27.0. The predicted octanol–water partition coefficient (Wildman–Crippen LogP) is 8.56. The highest BCUT2D eigenvalue weighted by Gasteiger charge is 2.31. The molecular formula is C34H64NO6+. The minimum absolute atomic E-state index is 0.484. The standard InChI is InChI=1S/C34H63NO6/c1-5-6-7-8-9-10-11-12-13-14-15-16-17-18-19-20-21-25-35(26-22-29(2)32(36)37,27-23-30(3)33(38)39)28-24-31(4)34(40)41/h16-17,29-31H,5-15,18-28H2,1-4H3,(H2-,36,37,38,39,40,41)/p+1/b17-16+. The van der Waals surface area contributed by atoms with E-state index in [-0.39, 0.29) is 0 Å². The first kappa shape index (κ1) is 39.1. The Morgan fingerprint density at radius 2 is 0.829 bits per heavy atom. The summed E-state index contributed by atoms with van der Waals surface area (Å²) in [4.78, 5) is 34.5. The Morgan fingerprint density at radius 3 is 1.17 bits per heavy atom. The molecule has 0 aromatic carbocycles. The Kier molecular flexibility index (Phi) is 23.5. The maximum Gasteiger partial charge on any atom is 0.306 e. The molecule has 0 amide bonds. The van der Waals surface area contributed by atoms with Crippen LogP contribution < -0.4 is 0 Å². The van der Waals surface area contributed by atoms with Crippen LogP contribution in [0.15, 0.2) is 12.2 Å². The summed E-state index contributed by atoms with van der Waals surface area (Å²) in [6, 6.07) is 0. The summed E-state index contributed by atoms with van der Waals surface area (Å²) in [5.74, 6) is -3.94. The van der Waals surface area contributed by atoms with E-state index in [0.717, 1.165) is 38.6 Å². The molecule has 3 atom stereocenters. The normalized spacial score (nSPS) is 15.4. The second kappa shape index (κ2) is 24.7. The van der Waals surface area contributed by atoms with Gasteiger partial charge in [0.25, 0.3) is 0 Å². The zero-order chi connectivity index (χ0) is 30.9. The Morgan fingerprint density at radius 1 is 0.512 bits per heavy atom. The van der Waals surface area contributed by atoms with Gasteiger partial charge < -0.3 is 19.8 Å². The third-order valence-corrected chi connectivity index (χ3v) is 8.77. The Balaban J connectivity index is 4.63. The van der Waals surface area contributed by atoms with E-state index in [2.05, 4.69) is 19.1 Å². The summed E-state index contributed by atoms with van der Waals surface area (Å²) in [6.07, 6.45) is 25.0. The number of allylic oxidation sites excluding steroid dienone is 2. The molecule has 0 aliphatic carbocycles. The molecule has 0 spiro atoms. The van der Waals surface area contributed by atoms with Gasteiger partial charge in [-0.25, -0.2) is 0 Å². The fourth-order valence-electron chi connectivity index (χ4n) is 5.32. The van der Waals surface area contributed by atoms with Gasteiger partial charge in [0.05, 0.1) is 43.9 Å². The molecule has 0 bridgehead atoms. The number of rotatable bonds is 29. The van der Waals surface area contributed by atoms with Gasteiger partial charge in [0.15, 0.2) is 0 Å². The molecule has 0 saturated carbocycles. The van der Waals surface area contributed by atoms with E-state index in [1.165, 1.54) is 64.2 Å². The number of carbonyl (C=O) groups is 3. The fourth-order valence-corrected chi connectivity index (χ4v) is 5.32. The van der Waals surface area contributed by atoms with Gasteiger partial charge in [-0.3, -0.25) is 14.4 Å². The van der Waals surface area contributed by atoms with Crippen molar-refractivity contribution in [1.82, 2.24) is 0 Å². The van der Waals surface area contributed by atoms with Gasteiger partial charge in [-0.1, -0.05) is 97.6 Å². The van der Waals surface area contributed by atoms with Crippen LogP contribution in [-0.2, 0) is 14.4 Å². The van der Waals surface area contributed by atoms with Crippen LogP contribution in [0.25, 0.3) is 0 Å². The molecule has 0 saturated heterocycles. The summed E-state index contributed by atoms with van der Waals surface area (Å²) in [5, 5.41) is 28.3. The van der Waals surface area contributed by atoms with Crippen LogP contribution in [-0.4, -0.2) is 63.9 Å². The molecular weight excluding hydrogens is 518 g/mol. The molecule has 0 aliphatic rings. The van der Waals surface area contributed by atoms with Crippen molar-refractivity contribution in [3.05, 3.63) is 12.2 Å². The summed E-state index contributed by atoms with van der Waals surface area (Å²) >= 11 is 0. The molecule has 0 radical (unpaired) electrons. The molecule has 0 fully saturated rings. The molecule has 7 heteroatoms. The van der Waals surface area contributed by atoms with E-state index in [4.69, 9.17) is 0 Å². The molecule has 0 aromatic rings. The second-order valence-corrected chi connectivity index (χ2v) is 12.6. The van der Waals surface area contributed by atoms with Crippen LogP contribution in [0.4, 0.5) is 0 Å². The zero-order valence-electron chi connectivity index (χ0n) is 27.0. The first-order valence-corrected chi connectivity index (χ1v) is 16.7. The van der Waals surface area contributed by atoms with Crippen molar-refractivity contribution in [2.24, 2.45) is 17.8 Å². The molecule has 0 heterocycles. The molecule has 240 valence electrons. The fraction of sp³-hybridized carbons (Fsp3) is 0.853. The summed E-state index contributed by atoms with van der Waals surface area (Å²) in [6.45, 7) is 10.1. The first-order valence-electron chi connectivity index (χ1n) is 16.7. The molecule has 0 aromatic heterocycles. The average molecular weight is 583 g/mol. The quantitative estimate of drug-likeness (QED) is 0.0463. The third-order valence-electron chi connectivity index (χ3n) is 8.77. The van der Waals surface area contributed by atoms with Crippen LogP contribution in [0.1, 0.15) is 143 Å². The number of aliphatic carboxylic acids is 3. The molecule has 3 N–H and O–H groups in total. The summed E-state index contributed by atoms with van der Waals surface area (Å²) < 4.78 is 0.599. The highest BCUT2D eigenvalue weighted by Crippen LogP contribution is 2.22. The average Bonchev–Trinajstić information content (AvgIpc) is 2.94. The number of carboxylic acids is 3. The van der Waals surface area contributed by atoms with Gasteiger partial charge in [0.1, 0.15) is 0 Å². The highest BCUT2D eigenvalue weighted by molar-refractivity contribution is 5.70. The first-order chi connectivity index (χ1) is 19.5. The molecule has 7 nitrogen and oxygen atoms in total. The van der Waals surface area contributed by atoms with Gasteiger partial charge in [0, 0.05) is 19.3 Å². The lowest BCUT2D eigenvalue weighted by atomic mass is 10.0. The van der Waals surface area contributed by atoms with Gasteiger partial charge >= 0.3 is 17.9 Å². The van der Waals surface area contributed by atoms with Crippen molar-refractivity contribution in [3.8, 4) is 0 Å². The van der Waals surface area contributed by atoms with Crippen LogP contribution in [0.2, 0.25) is 0 Å². The number of quaternary nitrogens is 1. The highest BCUT2D eigenvalue weighted by atomic mass is 16.4. The van der Waals surface area contributed by atoms with Gasteiger partial charge in [0.2, 0.25) is 0 Å². The Labute approximate surface area is 251 Å². The van der Waals surface area contributed by atoms with Gasteiger partial charge in [-0.15, -0.1) is 0 Å². The lowest BCUT2D eigenvalue weighted by molar-refractivity contribution is -0.929. The maximum absolute atomic E-state index is 11.5. The van der Waals surface area contributed by atoms with Crippen LogP contribution in [0.5, 0.6) is 0 Å². The molecule has 41 heavy (non-hydrogen) atoms. The second-order valence-electron chi connectivity index (χ2n) is 12.6. The smallest absolute Gasteiger partial charge is 0.306 e. The monoisotopic (exact) mass is 582 g/mol. The topological polar surface area (TPSA) is 112 Å². The minimum Gasteiger partial charge on any atom is -0.481 e. The number of nitrogens with zero attached hydrogens (tertiary/aromatic N) is 1. The SMILES string of the molecule is CCCCCCCCCCCC/C=C/CCCCC[N+](CCC(C)C(=O)O)(CCC(C)C(=O)O)CCC(C)C(=O)O. The van der Waals surface area contributed by atoms with Crippen molar-refractivity contribution < 1.29 is 34.2 Å². The van der Waals surface area contributed by atoms with E-state index in [9.17, 15) is 29.7 Å². The lowest BCUT2D eigenvalue weighted by Crippen LogP contribution is -2.52. The molecule has 3 unspecified atom stereocenters. The van der Waals surface area contributed by atoms with E-state index >= 15 is 0 Å². The third kappa shape index (κ3) is 21.5. The number of carboxylic acid groups (broad SMARTS) is 3. The maximum atomic E-state index is 11.5. The Hall–Kier alpha value is -1.89. The van der Waals surface area contributed by atoms with Gasteiger partial charge in [-0.2, -0.15) is 0 Å². The number of hydrogen-bond donors (Lipinski definition) is 3. The van der Waals surface area contributed by atoms with Crippen LogP contribution in [0, 0.1) is 17.8 Å². The van der Waals surface area contributed by atoms with E-state index in [1.807, 2.05) is 0 Å². The summed E-state index contributed by atoms with van der Waals surface area (Å²) in [5.41, 5.74) is 0. The minimum atomic E-state index is -0.828. The van der Waals surface area contributed by atoms with Gasteiger partial charge in [-0.05, 0) is 38.5 Å². The van der Waals surface area contributed by atoms with Crippen molar-refractivity contribution in [3.63, 3.8) is 0 Å². The Bertz CT molecular complexity index is 662. The number of hydrogen-bond acceptors (Lipinski definition) is 3. The van der Waals surface area contributed by atoms with Crippen molar-refractivity contribution in [1.29, 1.82) is 0 Å². The number of unbranched alkanes of at least 4 members (excludes halogenated alkanes) is 13. The lowest BCUT2D eigenvalue weighted by Gasteiger charge is -2.40. The van der Waals surface area contributed by atoms with E-state index in [0.29, 0.717) is 43.4 Å². The molecule has 0 aliphatic heterocycles. The molecule has 0 rings (SSSR count). The van der Waals surface area contributed by atoms with E-state index in [1.54, 1.807) is 20.8 Å². The van der Waals surface area contributed by atoms with Crippen molar-refractivity contribution in [2.75, 3.05) is 26.2 Å². The predicted molar refractivity (Wildman–Crippen MR) is 168 cm³/mol. The summed E-state index contributed by atoms with van der Waals surface area (Å²) in [7, 11) is 0. The van der Waals surface area contributed by atoms with Crippen LogP contribution >= 0.6 is 0 Å². The van der Waals surface area contributed by atoms with E-state index < -0.39 is 35.7 Å². The largest absolute Gasteiger partial charge is 0.481 e.